The summed E-state index contributed by atoms with van der Waals surface area (Å²) < 4.78 is 25.0. The van der Waals surface area contributed by atoms with Crippen molar-refractivity contribution in [2.45, 2.75) is 17.7 Å². The van der Waals surface area contributed by atoms with E-state index in [2.05, 4.69) is 0 Å². The maximum Gasteiger partial charge on any atom is 0.270 e. The van der Waals surface area contributed by atoms with Gasteiger partial charge >= 0.3 is 0 Å². The Bertz CT molecular complexity index is 781. The molecule has 110 valence electrons. The van der Waals surface area contributed by atoms with Gasteiger partial charge in [0.05, 0.1) is 17.0 Å². The molecule has 1 aromatic carbocycles. The third kappa shape index (κ3) is 2.09. The monoisotopic (exact) mass is 310 g/mol. The first kappa shape index (κ1) is 13.7. The van der Waals surface area contributed by atoms with Crippen molar-refractivity contribution < 1.29 is 22.9 Å². The highest BCUT2D eigenvalue weighted by molar-refractivity contribution is 7.90. The number of carbonyl (C=O) groups is 2. The predicted octanol–water partition coefficient (Wildman–Crippen LogP) is 0.718. The SMILES string of the molecule is O=C(CN1C(=O)c2cc([N+](=O)[O-])ccc2S1(=O)=O)C1CC1. The van der Waals surface area contributed by atoms with E-state index in [1.54, 1.807) is 0 Å². The largest absolute Gasteiger partial charge is 0.297 e. The van der Waals surface area contributed by atoms with Gasteiger partial charge in [0, 0.05) is 18.1 Å². The molecule has 9 heteroatoms. The van der Waals surface area contributed by atoms with E-state index in [1.165, 1.54) is 0 Å². The van der Waals surface area contributed by atoms with E-state index in [9.17, 15) is 28.1 Å². The molecule has 0 unspecified atom stereocenters. The summed E-state index contributed by atoms with van der Waals surface area (Å²) in [5.74, 6) is -1.36. The summed E-state index contributed by atoms with van der Waals surface area (Å²) in [6.45, 7) is -0.506. The first-order valence-electron chi connectivity index (χ1n) is 6.20. The molecule has 2 aliphatic rings. The Morgan fingerprint density at radius 2 is 2.05 bits per heavy atom. The van der Waals surface area contributed by atoms with E-state index in [4.69, 9.17) is 0 Å². The van der Waals surface area contributed by atoms with Crippen LogP contribution in [0.2, 0.25) is 0 Å². The number of nitro benzene ring substituents is 1. The van der Waals surface area contributed by atoms with Gasteiger partial charge in [-0.25, -0.2) is 12.7 Å². The number of nitro groups is 1. The van der Waals surface area contributed by atoms with Gasteiger partial charge in [0.2, 0.25) is 0 Å². The number of rotatable bonds is 4. The van der Waals surface area contributed by atoms with Gasteiger partial charge < -0.3 is 0 Å². The number of carbonyl (C=O) groups excluding carboxylic acids is 2. The zero-order chi connectivity index (χ0) is 15.4. The van der Waals surface area contributed by atoms with Crippen LogP contribution in [0.15, 0.2) is 23.1 Å². The molecular weight excluding hydrogens is 300 g/mol. The first-order valence-corrected chi connectivity index (χ1v) is 7.64. The Morgan fingerprint density at radius 1 is 1.38 bits per heavy atom. The van der Waals surface area contributed by atoms with Crippen molar-refractivity contribution in [3.8, 4) is 0 Å². The number of hydrogen-bond acceptors (Lipinski definition) is 6. The maximum absolute atomic E-state index is 12.2. The fourth-order valence-electron chi connectivity index (χ4n) is 2.22. The van der Waals surface area contributed by atoms with Crippen molar-refractivity contribution in [1.29, 1.82) is 0 Å². The van der Waals surface area contributed by atoms with Crippen LogP contribution in [0.5, 0.6) is 0 Å². The minimum absolute atomic E-state index is 0.175. The highest BCUT2D eigenvalue weighted by atomic mass is 32.2. The predicted molar refractivity (Wildman–Crippen MR) is 69.0 cm³/mol. The molecule has 1 heterocycles. The first-order chi connectivity index (χ1) is 9.82. The van der Waals surface area contributed by atoms with E-state index in [0.717, 1.165) is 18.2 Å². The molecule has 0 spiro atoms. The van der Waals surface area contributed by atoms with E-state index < -0.39 is 27.4 Å². The number of amides is 1. The van der Waals surface area contributed by atoms with Crippen LogP contribution in [0.25, 0.3) is 0 Å². The number of non-ortho nitro benzene ring substituents is 1. The second kappa shape index (κ2) is 4.35. The van der Waals surface area contributed by atoms with E-state index in [0.29, 0.717) is 17.1 Å². The topological polar surface area (TPSA) is 115 Å². The van der Waals surface area contributed by atoms with Crippen molar-refractivity contribution >= 4 is 27.4 Å². The van der Waals surface area contributed by atoms with Gasteiger partial charge in [-0.3, -0.25) is 19.7 Å². The Kier molecular flexibility index (Phi) is 2.84. The molecule has 1 saturated carbocycles. The van der Waals surface area contributed by atoms with Gasteiger partial charge in [-0.1, -0.05) is 0 Å². The van der Waals surface area contributed by atoms with Crippen molar-refractivity contribution in [2.75, 3.05) is 6.54 Å². The second-order valence-corrected chi connectivity index (χ2v) is 6.83. The third-order valence-electron chi connectivity index (χ3n) is 3.53. The molecule has 8 nitrogen and oxygen atoms in total. The number of fused-ring (bicyclic) bond motifs is 1. The summed E-state index contributed by atoms with van der Waals surface area (Å²) in [4.78, 5) is 33.6. The Hall–Kier alpha value is -2.29. The lowest BCUT2D eigenvalue weighted by atomic mass is 10.2. The van der Waals surface area contributed by atoms with Crippen LogP contribution in [-0.2, 0) is 14.8 Å². The molecule has 0 N–H and O–H groups in total. The molecule has 0 saturated heterocycles. The number of hydrogen-bond donors (Lipinski definition) is 0. The van der Waals surface area contributed by atoms with Gasteiger partial charge in [0.1, 0.15) is 4.90 Å². The second-order valence-electron chi connectivity index (χ2n) is 4.99. The molecule has 1 aliphatic heterocycles. The van der Waals surface area contributed by atoms with Crippen molar-refractivity contribution in [1.82, 2.24) is 4.31 Å². The van der Waals surface area contributed by atoms with E-state index in [1.807, 2.05) is 0 Å². The van der Waals surface area contributed by atoms with Crippen LogP contribution < -0.4 is 0 Å². The molecule has 0 radical (unpaired) electrons. The molecule has 1 aromatic rings. The number of Topliss-reactive ketones (excluding diaryl/α,β-unsaturated/α-hetero) is 1. The average molecular weight is 310 g/mol. The molecule has 0 bridgehead atoms. The summed E-state index contributed by atoms with van der Waals surface area (Å²) >= 11 is 0. The van der Waals surface area contributed by atoms with E-state index >= 15 is 0 Å². The standard InChI is InChI=1S/C12H10N2O6S/c15-10(7-1-2-7)6-13-12(16)9-5-8(14(17)18)3-4-11(9)21(13,19)20/h3-5,7H,1-2,6H2. The maximum atomic E-state index is 12.2. The summed E-state index contributed by atoms with van der Waals surface area (Å²) in [6.07, 6.45) is 1.42. The van der Waals surface area contributed by atoms with Crippen LogP contribution in [-0.4, -0.2) is 35.9 Å². The molecule has 1 amide bonds. The van der Waals surface area contributed by atoms with Gasteiger partial charge in [-0.15, -0.1) is 0 Å². The number of benzene rings is 1. The van der Waals surface area contributed by atoms with Crippen LogP contribution in [0.4, 0.5) is 5.69 Å². The molecule has 3 rings (SSSR count). The van der Waals surface area contributed by atoms with E-state index in [-0.39, 0.29) is 27.8 Å². The Balaban J connectivity index is 2.01. The zero-order valence-electron chi connectivity index (χ0n) is 10.7. The van der Waals surface area contributed by atoms with Crippen molar-refractivity contribution in [3.05, 3.63) is 33.9 Å². The van der Waals surface area contributed by atoms with Crippen LogP contribution >= 0.6 is 0 Å². The fraction of sp³-hybridized carbons (Fsp3) is 0.333. The highest BCUT2D eigenvalue weighted by Gasteiger charge is 2.44. The Morgan fingerprint density at radius 3 is 2.62 bits per heavy atom. The number of ketones is 1. The van der Waals surface area contributed by atoms with Crippen LogP contribution in [0.3, 0.4) is 0 Å². The average Bonchev–Trinajstić information content (AvgIpc) is 3.24. The number of sulfonamides is 1. The smallest absolute Gasteiger partial charge is 0.270 e. The lowest BCUT2D eigenvalue weighted by molar-refractivity contribution is -0.384. The van der Waals surface area contributed by atoms with Gasteiger partial charge in [0.25, 0.3) is 21.6 Å². The fourth-order valence-corrected chi connectivity index (χ4v) is 3.73. The van der Waals surface area contributed by atoms with Gasteiger partial charge in [0.15, 0.2) is 5.78 Å². The molecule has 0 aromatic heterocycles. The normalized spacial score (nSPS) is 19.4. The lowest BCUT2D eigenvalue weighted by Crippen LogP contribution is -2.35. The molecular formula is C12H10N2O6S. The Labute approximate surface area is 119 Å². The highest BCUT2D eigenvalue weighted by Crippen LogP contribution is 2.35. The number of nitrogens with zero attached hydrogens (tertiary/aromatic N) is 2. The molecule has 21 heavy (non-hydrogen) atoms. The van der Waals surface area contributed by atoms with Crippen molar-refractivity contribution in [3.63, 3.8) is 0 Å². The van der Waals surface area contributed by atoms with Crippen LogP contribution in [0, 0.1) is 16.0 Å². The minimum Gasteiger partial charge on any atom is -0.297 e. The van der Waals surface area contributed by atoms with Crippen LogP contribution in [0.1, 0.15) is 23.2 Å². The van der Waals surface area contributed by atoms with Gasteiger partial charge in [-0.2, -0.15) is 0 Å². The molecule has 0 atom stereocenters. The quantitative estimate of drug-likeness (QED) is 0.597. The molecule has 1 fully saturated rings. The summed E-state index contributed by atoms with van der Waals surface area (Å²) in [6, 6.07) is 2.98. The van der Waals surface area contributed by atoms with Crippen molar-refractivity contribution in [2.24, 2.45) is 5.92 Å². The molecule has 1 aliphatic carbocycles. The lowest BCUT2D eigenvalue weighted by Gasteiger charge is -2.13. The minimum atomic E-state index is -4.10. The summed E-state index contributed by atoms with van der Waals surface area (Å²) in [5, 5.41) is 10.7. The summed E-state index contributed by atoms with van der Waals surface area (Å²) in [5.41, 5.74) is -0.625. The van der Waals surface area contributed by atoms with Gasteiger partial charge in [-0.05, 0) is 18.9 Å². The zero-order valence-corrected chi connectivity index (χ0v) is 11.5. The summed E-state index contributed by atoms with van der Waals surface area (Å²) in [7, 11) is -4.10. The third-order valence-corrected chi connectivity index (χ3v) is 5.32.